The van der Waals surface area contributed by atoms with Crippen molar-refractivity contribution < 1.29 is 9.21 Å². The Morgan fingerprint density at radius 3 is 2.46 bits per heavy atom. The Labute approximate surface area is 141 Å². The molecule has 0 unspecified atom stereocenters. The standard InChI is InChI=1S/C19H21N3O2/c1-12-5-7-16(8-6-12)11-22-14(3)18(13(2)21-22)20-19(23)17-9-10-24-15(17)4/h5-10H,11H2,1-4H3,(H,20,23). The molecule has 3 rings (SSSR count). The average molecular weight is 323 g/mol. The minimum atomic E-state index is -0.178. The first-order valence-electron chi connectivity index (χ1n) is 7.90. The molecule has 3 aromatic rings. The van der Waals surface area contributed by atoms with Gasteiger partial charge in [0, 0.05) is 0 Å². The zero-order chi connectivity index (χ0) is 17.3. The summed E-state index contributed by atoms with van der Waals surface area (Å²) in [5.74, 6) is 0.428. The van der Waals surface area contributed by atoms with Crippen molar-refractivity contribution in [3.05, 3.63) is 70.4 Å². The molecule has 0 radical (unpaired) electrons. The molecule has 1 N–H and O–H groups in total. The number of aromatic nitrogens is 2. The fourth-order valence-corrected chi connectivity index (χ4v) is 2.70. The fraction of sp³-hybridized carbons (Fsp3) is 0.263. The summed E-state index contributed by atoms with van der Waals surface area (Å²) < 4.78 is 7.11. The molecule has 0 aliphatic carbocycles. The van der Waals surface area contributed by atoms with Crippen molar-refractivity contribution in [3.63, 3.8) is 0 Å². The van der Waals surface area contributed by atoms with Crippen LogP contribution in [0.1, 0.15) is 38.6 Å². The predicted octanol–water partition coefficient (Wildman–Crippen LogP) is 4.01. The van der Waals surface area contributed by atoms with Crippen LogP contribution in [0.3, 0.4) is 0 Å². The topological polar surface area (TPSA) is 60.1 Å². The molecule has 5 nitrogen and oxygen atoms in total. The number of benzene rings is 1. The zero-order valence-corrected chi connectivity index (χ0v) is 14.4. The van der Waals surface area contributed by atoms with Gasteiger partial charge in [0.25, 0.3) is 5.91 Å². The summed E-state index contributed by atoms with van der Waals surface area (Å²) in [7, 11) is 0. The number of hydrogen-bond donors (Lipinski definition) is 1. The SMILES string of the molecule is Cc1ccc(Cn2nc(C)c(NC(=O)c3ccoc3C)c2C)cc1. The monoisotopic (exact) mass is 323 g/mol. The molecule has 0 atom stereocenters. The van der Waals surface area contributed by atoms with Crippen molar-refractivity contribution in [2.45, 2.75) is 34.2 Å². The Kier molecular flexibility index (Phi) is 4.25. The number of aryl methyl sites for hydroxylation is 3. The summed E-state index contributed by atoms with van der Waals surface area (Å²) in [6.07, 6.45) is 1.52. The van der Waals surface area contributed by atoms with Gasteiger partial charge < -0.3 is 9.73 Å². The fourth-order valence-electron chi connectivity index (χ4n) is 2.70. The molecular formula is C19H21N3O2. The van der Waals surface area contributed by atoms with Crippen molar-refractivity contribution in [2.75, 3.05) is 5.32 Å². The van der Waals surface area contributed by atoms with Crippen molar-refractivity contribution in [1.29, 1.82) is 0 Å². The van der Waals surface area contributed by atoms with Crippen molar-refractivity contribution in [2.24, 2.45) is 0 Å². The van der Waals surface area contributed by atoms with E-state index in [-0.39, 0.29) is 5.91 Å². The second kappa shape index (κ2) is 6.35. The molecule has 1 amide bonds. The van der Waals surface area contributed by atoms with Gasteiger partial charge in [0.15, 0.2) is 0 Å². The van der Waals surface area contributed by atoms with Crippen molar-refractivity contribution in [3.8, 4) is 0 Å². The van der Waals surface area contributed by atoms with Crippen LogP contribution in [-0.2, 0) is 6.54 Å². The van der Waals surface area contributed by atoms with E-state index in [4.69, 9.17) is 4.42 Å². The van der Waals surface area contributed by atoms with Crippen LogP contribution in [-0.4, -0.2) is 15.7 Å². The largest absolute Gasteiger partial charge is 0.469 e. The summed E-state index contributed by atoms with van der Waals surface area (Å²) in [5, 5.41) is 7.52. The van der Waals surface area contributed by atoms with Gasteiger partial charge in [-0.25, -0.2) is 0 Å². The normalized spacial score (nSPS) is 10.8. The summed E-state index contributed by atoms with van der Waals surface area (Å²) in [6, 6.07) is 10.0. The Hall–Kier alpha value is -2.82. The number of nitrogens with zero attached hydrogens (tertiary/aromatic N) is 2. The lowest BCUT2D eigenvalue weighted by Crippen LogP contribution is -2.13. The van der Waals surface area contributed by atoms with E-state index in [0.717, 1.165) is 17.1 Å². The van der Waals surface area contributed by atoms with Crippen LogP contribution in [0.2, 0.25) is 0 Å². The van der Waals surface area contributed by atoms with Crippen LogP contribution < -0.4 is 5.32 Å². The predicted molar refractivity (Wildman–Crippen MR) is 93.4 cm³/mol. The van der Waals surface area contributed by atoms with Gasteiger partial charge in [-0.1, -0.05) is 29.8 Å². The van der Waals surface area contributed by atoms with Gasteiger partial charge in [-0.2, -0.15) is 5.10 Å². The summed E-state index contributed by atoms with van der Waals surface area (Å²) >= 11 is 0. The highest BCUT2D eigenvalue weighted by atomic mass is 16.3. The van der Waals surface area contributed by atoms with Crippen LogP contribution in [0.25, 0.3) is 0 Å². The number of anilines is 1. The van der Waals surface area contributed by atoms with Crippen LogP contribution in [0.4, 0.5) is 5.69 Å². The smallest absolute Gasteiger partial charge is 0.259 e. The van der Waals surface area contributed by atoms with E-state index in [0.29, 0.717) is 17.9 Å². The molecule has 0 saturated heterocycles. The molecule has 2 aromatic heterocycles. The van der Waals surface area contributed by atoms with E-state index in [1.165, 1.54) is 17.4 Å². The second-order valence-corrected chi connectivity index (χ2v) is 6.03. The first-order chi connectivity index (χ1) is 11.5. The highest BCUT2D eigenvalue weighted by Crippen LogP contribution is 2.22. The molecule has 0 spiro atoms. The number of carbonyl (C=O) groups is 1. The Balaban J connectivity index is 1.82. The molecule has 2 heterocycles. The molecule has 0 aliphatic heterocycles. The maximum Gasteiger partial charge on any atom is 0.259 e. The number of carbonyl (C=O) groups excluding carboxylic acids is 1. The number of nitrogens with one attached hydrogen (secondary N) is 1. The number of hydrogen-bond acceptors (Lipinski definition) is 3. The molecule has 0 bridgehead atoms. The van der Waals surface area contributed by atoms with Gasteiger partial charge in [0.05, 0.1) is 35.4 Å². The molecule has 24 heavy (non-hydrogen) atoms. The summed E-state index contributed by atoms with van der Waals surface area (Å²) in [5.41, 5.74) is 5.44. The molecule has 0 saturated carbocycles. The van der Waals surface area contributed by atoms with E-state index >= 15 is 0 Å². The average Bonchev–Trinajstić information content (AvgIpc) is 3.08. The highest BCUT2D eigenvalue weighted by Gasteiger charge is 2.17. The number of furan rings is 1. The van der Waals surface area contributed by atoms with E-state index in [2.05, 4.69) is 41.6 Å². The van der Waals surface area contributed by atoms with E-state index in [1.54, 1.807) is 13.0 Å². The lowest BCUT2D eigenvalue weighted by Gasteiger charge is -2.07. The summed E-state index contributed by atoms with van der Waals surface area (Å²) in [4.78, 5) is 12.4. The van der Waals surface area contributed by atoms with Crippen molar-refractivity contribution in [1.82, 2.24) is 9.78 Å². The van der Waals surface area contributed by atoms with E-state index in [9.17, 15) is 4.79 Å². The van der Waals surface area contributed by atoms with Gasteiger partial charge in [-0.3, -0.25) is 9.48 Å². The van der Waals surface area contributed by atoms with Crippen molar-refractivity contribution >= 4 is 11.6 Å². The van der Waals surface area contributed by atoms with E-state index in [1.807, 2.05) is 18.5 Å². The lowest BCUT2D eigenvalue weighted by molar-refractivity contribution is 0.102. The summed E-state index contributed by atoms with van der Waals surface area (Å²) in [6.45, 7) is 8.38. The minimum absolute atomic E-state index is 0.178. The van der Waals surface area contributed by atoms with Crippen LogP contribution >= 0.6 is 0 Å². The molecule has 0 fully saturated rings. The third-order valence-corrected chi connectivity index (χ3v) is 4.18. The third kappa shape index (κ3) is 3.11. The van der Waals surface area contributed by atoms with Gasteiger partial charge >= 0.3 is 0 Å². The van der Waals surface area contributed by atoms with Gasteiger partial charge in [0.1, 0.15) is 5.76 Å². The quantitative estimate of drug-likeness (QED) is 0.789. The lowest BCUT2D eigenvalue weighted by atomic mass is 10.1. The highest BCUT2D eigenvalue weighted by molar-refractivity contribution is 6.05. The molecular weight excluding hydrogens is 302 g/mol. The Bertz CT molecular complexity index is 873. The van der Waals surface area contributed by atoms with Crippen LogP contribution in [0.15, 0.2) is 41.0 Å². The molecule has 0 aliphatic rings. The maximum absolute atomic E-state index is 12.4. The van der Waals surface area contributed by atoms with Gasteiger partial charge in [-0.15, -0.1) is 0 Å². The third-order valence-electron chi connectivity index (χ3n) is 4.18. The number of amides is 1. The maximum atomic E-state index is 12.4. The molecule has 124 valence electrons. The Morgan fingerprint density at radius 2 is 1.83 bits per heavy atom. The first-order valence-corrected chi connectivity index (χ1v) is 7.90. The molecule has 5 heteroatoms. The van der Waals surface area contributed by atoms with Gasteiger partial charge in [0.2, 0.25) is 0 Å². The Morgan fingerprint density at radius 1 is 1.12 bits per heavy atom. The minimum Gasteiger partial charge on any atom is -0.469 e. The van der Waals surface area contributed by atoms with Crippen LogP contribution in [0, 0.1) is 27.7 Å². The molecule has 1 aromatic carbocycles. The second-order valence-electron chi connectivity index (χ2n) is 6.03. The van der Waals surface area contributed by atoms with Gasteiger partial charge in [-0.05, 0) is 39.3 Å². The van der Waals surface area contributed by atoms with E-state index < -0.39 is 0 Å². The number of rotatable bonds is 4. The van der Waals surface area contributed by atoms with Crippen LogP contribution in [0.5, 0.6) is 0 Å². The first kappa shape index (κ1) is 16.1. The zero-order valence-electron chi connectivity index (χ0n) is 14.4.